The summed E-state index contributed by atoms with van der Waals surface area (Å²) in [5.41, 5.74) is 0. The molecule has 2 N–H and O–H groups in total. The van der Waals surface area contributed by atoms with E-state index in [2.05, 4.69) is 38.7 Å². The van der Waals surface area contributed by atoms with Crippen LogP contribution in [0.15, 0.2) is 23.3 Å². The minimum Gasteiger partial charge on any atom is -0.357 e. The molecule has 1 atom stereocenters. The summed E-state index contributed by atoms with van der Waals surface area (Å²) >= 11 is 8.04. The van der Waals surface area contributed by atoms with Crippen LogP contribution in [0.3, 0.4) is 0 Å². The fraction of sp³-hybridized carbons (Fsp3) is 0.600. The molecule has 0 radical (unpaired) electrons. The number of thioether (sulfide) groups is 1. The second-order valence-corrected chi connectivity index (χ2v) is 6.53. The highest BCUT2D eigenvalue weighted by Gasteiger charge is 2.25. The summed E-state index contributed by atoms with van der Waals surface area (Å²) in [5.74, 6) is 2.81. The Balaban J connectivity index is 1.91. The van der Waals surface area contributed by atoms with E-state index in [9.17, 15) is 0 Å². The van der Waals surface area contributed by atoms with Crippen LogP contribution in [-0.4, -0.2) is 55.2 Å². The van der Waals surface area contributed by atoms with Crippen molar-refractivity contribution in [2.45, 2.75) is 19.4 Å². The van der Waals surface area contributed by atoms with Crippen LogP contribution in [0.4, 0.5) is 5.82 Å². The molecule has 2 rings (SSSR count). The highest BCUT2D eigenvalue weighted by Crippen LogP contribution is 2.25. The molecule has 0 saturated carbocycles. The lowest BCUT2D eigenvalue weighted by Gasteiger charge is -2.20. The first-order valence-electron chi connectivity index (χ1n) is 7.63. The van der Waals surface area contributed by atoms with E-state index < -0.39 is 0 Å². The van der Waals surface area contributed by atoms with Gasteiger partial charge in [-0.15, -0.1) is 0 Å². The maximum Gasteiger partial charge on any atom is 0.191 e. The summed E-state index contributed by atoms with van der Waals surface area (Å²) in [5, 5.41) is 7.53. The first-order chi connectivity index (χ1) is 10.7. The summed E-state index contributed by atoms with van der Waals surface area (Å²) in [6, 6.07) is 4.11. The highest BCUT2D eigenvalue weighted by molar-refractivity contribution is 7.98. The molecule has 0 amide bonds. The lowest BCUT2D eigenvalue weighted by molar-refractivity contribution is 0.650. The van der Waals surface area contributed by atoms with Gasteiger partial charge in [0.15, 0.2) is 5.96 Å². The van der Waals surface area contributed by atoms with Gasteiger partial charge in [0.1, 0.15) is 5.82 Å². The molecule has 5 nitrogen and oxygen atoms in total. The topological polar surface area (TPSA) is 52.6 Å². The Morgan fingerprint density at radius 3 is 3.18 bits per heavy atom. The van der Waals surface area contributed by atoms with E-state index in [1.807, 2.05) is 23.9 Å². The summed E-state index contributed by atoms with van der Waals surface area (Å²) in [7, 11) is 0. The van der Waals surface area contributed by atoms with Gasteiger partial charge in [0.2, 0.25) is 0 Å². The number of hydrogen-bond donors (Lipinski definition) is 2. The molecular formula is C15H24ClN5S. The van der Waals surface area contributed by atoms with Crippen molar-refractivity contribution in [1.29, 1.82) is 0 Å². The number of halogens is 1. The Bertz CT molecular complexity index is 497. The standard InChI is InChI=1S/C15H24ClN5S/c1-3-17-15(19-8-10-22-2)20-12-6-9-21(11-12)14-13(16)5-4-7-18-14/h4-5,7,12H,3,6,8-11H2,1-2H3,(H2,17,19,20). The van der Waals surface area contributed by atoms with Gasteiger partial charge in [-0.3, -0.25) is 4.99 Å². The van der Waals surface area contributed by atoms with Gasteiger partial charge in [-0.1, -0.05) is 11.6 Å². The number of nitrogens with zero attached hydrogens (tertiary/aromatic N) is 3. The number of pyridine rings is 1. The molecule has 1 aromatic rings. The smallest absolute Gasteiger partial charge is 0.191 e. The van der Waals surface area contributed by atoms with Crippen LogP contribution in [0, 0.1) is 0 Å². The van der Waals surface area contributed by atoms with Crippen LogP contribution in [-0.2, 0) is 0 Å². The van der Waals surface area contributed by atoms with E-state index in [4.69, 9.17) is 11.6 Å². The van der Waals surface area contributed by atoms with Crippen LogP contribution in [0.2, 0.25) is 5.02 Å². The molecule has 1 fully saturated rings. The van der Waals surface area contributed by atoms with Crippen molar-refractivity contribution in [2.75, 3.05) is 43.1 Å². The van der Waals surface area contributed by atoms with Gasteiger partial charge in [0.25, 0.3) is 0 Å². The molecule has 22 heavy (non-hydrogen) atoms. The Morgan fingerprint density at radius 2 is 2.45 bits per heavy atom. The summed E-state index contributed by atoms with van der Waals surface area (Å²) < 4.78 is 0. The molecule has 1 saturated heterocycles. The van der Waals surface area contributed by atoms with Gasteiger partial charge in [0.05, 0.1) is 11.6 Å². The quantitative estimate of drug-likeness (QED) is 0.472. The number of rotatable bonds is 6. The van der Waals surface area contributed by atoms with E-state index in [1.165, 1.54) is 0 Å². The molecule has 122 valence electrons. The Kier molecular flexibility index (Phi) is 7.12. The number of aliphatic imine (C=N–C) groups is 1. The second-order valence-electron chi connectivity index (χ2n) is 5.14. The van der Waals surface area contributed by atoms with Crippen molar-refractivity contribution in [1.82, 2.24) is 15.6 Å². The molecule has 0 bridgehead atoms. The second kappa shape index (κ2) is 9.10. The van der Waals surface area contributed by atoms with Crippen molar-refractivity contribution < 1.29 is 0 Å². The lowest BCUT2D eigenvalue weighted by Crippen LogP contribution is -2.44. The number of anilines is 1. The molecule has 0 aromatic carbocycles. The summed E-state index contributed by atoms with van der Waals surface area (Å²) in [4.78, 5) is 11.2. The molecule has 1 aliphatic heterocycles. The van der Waals surface area contributed by atoms with Gasteiger partial charge in [-0.05, 0) is 31.7 Å². The maximum absolute atomic E-state index is 6.23. The fourth-order valence-electron chi connectivity index (χ4n) is 2.44. The van der Waals surface area contributed by atoms with Gasteiger partial charge >= 0.3 is 0 Å². The molecule has 1 aromatic heterocycles. The van der Waals surface area contributed by atoms with Gasteiger partial charge in [0, 0.05) is 37.6 Å². The average molecular weight is 342 g/mol. The van der Waals surface area contributed by atoms with E-state index in [0.717, 1.165) is 50.1 Å². The maximum atomic E-state index is 6.23. The number of aromatic nitrogens is 1. The largest absolute Gasteiger partial charge is 0.357 e. The van der Waals surface area contributed by atoms with E-state index in [1.54, 1.807) is 6.20 Å². The average Bonchev–Trinajstić information content (AvgIpc) is 2.96. The number of guanidine groups is 1. The number of hydrogen-bond acceptors (Lipinski definition) is 4. The lowest BCUT2D eigenvalue weighted by atomic mass is 10.3. The van der Waals surface area contributed by atoms with E-state index in [-0.39, 0.29) is 0 Å². The molecular weight excluding hydrogens is 318 g/mol. The third kappa shape index (κ3) is 4.95. The zero-order chi connectivity index (χ0) is 15.8. The van der Waals surface area contributed by atoms with Crippen molar-refractivity contribution >= 4 is 35.1 Å². The zero-order valence-electron chi connectivity index (χ0n) is 13.2. The Morgan fingerprint density at radius 1 is 1.59 bits per heavy atom. The third-order valence-corrected chi connectivity index (χ3v) is 4.36. The molecule has 1 aliphatic rings. The fourth-order valence-corrected chi connectivity index (χ4v) is 2.96. The van der Waals surface area contributed by atoms with Crippen molar-refractivity contribution in [3.63, 3.8) is 0 Å². The predicted octanol–water partition coefficient (Wildman–Crippen LogP) is 2.23. The van der Waals surface area contributed by atoms with Crippen molar-refractivity contribution in [3.05, 3.63) is 23.4 Å². The first-order valence-corrected chi connectivity index (χ1v) is 9.41. The van der Waals surface area contributed by atoms with Crippen LogP contribution < -0.4 is 15.5 Å². The van der Waals surface area contributed by atoms with Crippen LogP contribution in [0.1, 0.15) is 13.3 Å². The van der Waals surface area contributed by atoms with E-state index >= 15 is 0 Å². The third-order valence-electron chi connectivity index (χ3n) is 3.48. The Hall–Kier alpha value is -1.14. The molecule has 1 unspecified atom stereocenters. The molecule has 0 aliphatic carbocycles. The summed E-state index contributed by atoms with van der Waals surface area (Å²) in [6.07, 6.45) is 4.94. The van der Waals surface area contributed by atoms with Crippen molar-refractivity contribution in [2.24, 2.45) is 4.99 Å². The van der Waals surface area contributed by atoms with Crippen LogP contribution >= 0.6 is 23.4 Å². The number of nitrogens with one attached hydrogen (secondary N) is 2. The Labute approximate surface area is 141 Å². The monoisotopic (exact) mass is 341 g/mol. The summed E-state index contributed by atoms with van der Waals surface area (Å²) in [6.45, 7) is 5.63. The minimum atomic E-state index is 0.366. The predicted molar refractivity (Wildman–Crippen MR) is 97.4 cm³/mol. The van der Waals surface area contributed by atoms with Gasteiger partial charge < -0.3 is 15.5 Å². The van der Waals surface area contributed by atoms with Gasteiger partial charge in [-0.25, -0.2) is 4.98 Å². The molecule has 7 heteroatoms. The minimum absolute atomic E-state index is 0.366. The highest BCUT2D eigenvalue weighted by atomic mass is 35.5. The molecule has 2 heterocycles. The van der Waals surface area contributed by atoms with Crippen molar-refractivity contribution in [3.8, 4) is 0 Å². The normalized spacial score (nSPS) is 18.6. The molecule has 0 spiro atoms. The van der Waals surface area contributed by atoms with Gasteiger partial charge in [-0.2, -0.15) is 11.8 Å². The van der Waals surface area contributed by atoms with Crippen LogP contribution in [0.5, 0.6) is 0 Å². The zero-order valence-corrected chi connectivity index (χ0v) is 14.8. The van der Waals surface area contributed by atoms with E-state index in [0.29, 0.717) is 11.1 Å². The van der Waals surface area contributed by atoms with Crippen LogP contribution in [0.25, 0.3) is 0 Å². The first kappa shape index (κ1) is 17.2. The SMILES string of the molecule is CCNC(=NCCSC)NC1CCN(c2ncccc2Cl)C1.